The minimum absolute atomic E-state index is 0.681. The van der Waals surface area contributed by atoms with Crippen LogP contribution in [0.4, 0.5) is 0 Å². The highest BCUT2D eigenvalue weighted by molar-refractivity contribution is 7.80. The maximum atomic E-state index is 6.23. The van der Waals surface area contributed by atoms with Crippen LogP contribution in [0.25, 0.3) is 0 Å². The van der Waals surface area contributed by atoms with Crippen LogP contribution >= 0.6 is 35.4 Å². The number of piperazine rings is 1. The summed E-state index contributed by atoms with van der Waals surface area (Å²) < 4.78 is 0. The fourth-order valence-electron chi connectivity index (χ4n) is 2.34. The van der Waals surface area contributed by atoms with Crippen molar-refractivity contribution in [1.82, 2.24) is 15.1 Å². The summed E-state index contributed by atoms with van der Waals surface area (Å²) in [5.41, 5.74) is 1.13. The molecule has 1 fully saturated rings. The fourth-order valence-corrected chi connectivity index (χ4v) is 3.10. The number of nitrogens with zero attached hydrogens (tertiary/aromatic N) is 2. The largest absolute Gasteiger partial charge is 0.363 e. The van der Waals surface area contributed by atoms with Gasteiger partial charge in [-0.1, -0.05) is 36.2 Å². The number of benzene rings is 1. The Morgan fingerprint density at radius 3 is 2.57 bits per heavy atom. The summed E-state index contributed by atoms with van der Waals surface area (Å²) >= 11 is 17.6. The highest BCUT2D eigenvalue weighted by Gasteiger charge is 2.19. The van der Waals surface area contributed by atoms with Crippen molar-refractivity contribution in [3.8, 4) is 0 Å². The molecule has 6 heteroatoms. The molecule has 1 saturated heterocycles. The lowest BCUT2D eigenvalue weighted by Crippen LogP contribution is -2.51. The molecular formula is C15H21Cl2N3S. The predicted molar refractivity (Wildman–Crippen MR) is 94.2 cm³/mol. The molecule has 0 aromatic heterocycles. The van der Waals surface area contributed by atoms with E-state index in [4.69, 9.17) is 35.4 Å². The highest BCUT2D eigenvalue weighted by Crippen LogP contribution is 2.22. The van der Waals surface area contributed by atoms with Gasteiger partial charge in [0.2, 0.25) is 0 Å². The van der Waals surface area contributed by atoms with E-state index in [0.29, 0.717) is 5.02 Å². The highest BCUT2D eigenvalue weighted by atomic mass is 35.5. The van der Waals surface area contributed by atoms with Gasteiger partial charge in [0.25, 0.3) is 0 Å². The van der Waals surface area contributed by atoms with Crippen LogP contribution in [0.3, 0.4) is 0 Å². The second-order valence-corrected chi connectivity index (χ2v) is 6.46. The van der Waals surface area contributed by atoms with Crippen LogP contribution in [-0.2, 0) is 6.54 Å². The van der Waals surface area contributed by atoms with Gasteiger partial charge in [-0.3, -0.25) is 4.90 Å². The molecule has 1 N–H and O–H groups in total. The molecule has 0 aliphatic carbocycles. The Balaban J connectivity index is 1.82. The molecule has 0 atom stereocenters. The van der Waals surface area contributed by atoms with Gasteiger partial charge in [-0.25, -0.2) is 0 Å². The van der Waals surface area contributed by atoms with Crippen LogP contribution < -0.4 is 5.32 Å². The summed E-state index contributed by atoms with van der Waals surface area (Å²) in [6.07, 6.45) is 1.09. The van der Waals surface area contributed by atoms with Crippen molar-refractivity contribution in [2.24, 2.45) is 0 Å². The van der Waals surface area contributed by atoms with Crippen molar-refractivity contribution in [2.75, 3.05) is 32.7 Å². The minimum Gasteiger partial charge on any atom is -0.363 e. The molecule has 1 aromatic rings. The van der Waals surface area contributed by atoms with E-state index in [1.54, 1.807) is 6.07 Å². The second-order valence-electron chi connectivity index (χ2n) is 5.23. The molecule has 1 heterocycles. The zero-order valence-corrected chi connectivity index (χ0v) is 14.6. The number of nitrogens with one attached hydrogen (secondary N) is 1. The third kappa shape index (κ3) is 4.99. The molecule has 2 rings (SSSR count). The average Bonchev–Trinajstić information content (AvgIpc) is 2.48. The number of halogens is 2. The third-order valence-electron chi connectivity index (χ3n) is 3.59. The summed E-state index contributed by atoms with van der Waals surface area (Å²) in [6, 6.07) is 5.70. The number of hydrogen-bond acceptors (Lipinski definition) is 2. The van der Waals surface area contributed by atoms with E-state index in [2.05, 4.69) is 22.0 Å². The lowest BCUT2D eigenvalue weighted by Gasteiger charge is -2.36. The third-order valence-corrected chi connectivity index (χ3v) is 4.58. The first-order valence-corrected chi connectivity index (χ1v) is 8.45. The van der Waals surface area contributed by atoms with Gasteiger partial charge in [0.15, 0.2) is 5.11 Å². The Hall–Kier alpha value is -0.550. The van der Waals surface area contributed by atoms with Gasteiger partial charge in [0.1, 0.15) is 0 Å². The molecule has 1 aliphatic heterocycles. The van der Waals surface area contributed by atoms with Crippen molar-refractivity contribution >= 4 is 40.5 Å². The quantitative estimate of drug-likeness (QED) is 0.842. The van der Waals surface area contributed by atoms with Gasteiger partial charge in [-0.15, -0.1) is 0 Å². The Bertz CT molecular complexity index is 488. The van der Waals surface area contributed by atoms with Gasteiger partial charge in [0.05, 0.1) is 0 Å². The van der Waals surface area contributed by atoms with E-state index in [-0.39, 0.29) is 0 Å². The second kappa shape index (κ2) is 8.18. The Morgan fingerprint density at radius 1 is 1.24 bits per heavy atom. The van der Waals surface area contributed by atoms with Gasteiger partial charge < -0.3 is 10.2 Å². The van der Waals surface area contributed by atoms with Crippen LogP contribution in [0.5, 0.6) is 0 Å². The lowest BCUT2D eigenvalue weighted by atomic mass is 10.2. The molecular weight excluding hydrogens is 325 g/mol. The number of thiocarbonyl (C=S) groups is 1. The predicted octanol–water partition coefficient (Wildman–Crippen LogP) is 3.40. The first-order valence-electron chi connectivity index (χ1n) is 7.29. The summed E-state index contributed by atoms with van der Waals surface area (Å²) in [5, 5.41) is 5.58. The lowest BCUT2D eigenvalue weighted by molar-refractivity contribution is 0.174. The SMILES string of the molecule is CCCNC(=S)N1CCN(Cc2ccc(Cl)cc2Cl)CC1. The zero-order chi connectivity index (χ0) is 15.2. The maximum Gasteiger partial charge on any atom is 0.169 e. The molecule has 116 valence electrons. The van der Waals surface area contributed by atoms with Gasteiger partial charge >= 0.3 is 0 Å². The minimum atomic E-state index is 0.681. The molecule has 21 heavy (non-hydrogen) atoms. The molecule has 1 aliphatic rings. The summed E-state index contributed by atoms with van der Waals surface area (Å²) in [4.78, 5) is 4.64. The van der Waals surface area contributed by atoms with Crippen LogP contribution in [-0.4, -0.2) is 47.6 Å². The number of hydrogen-bond donors (Lipinski definition) is 1. The summed E-state index contributed by atoms with van der Waals surface area (Å²) in [7, 11) is 0. The van der Waals surface area contributed by atoms with Crippen molar-refractivity contribution in [3.63, 3.8) is 0 Å². The first kappa shape index (κ1) is 16.8. The van der Waals surface area contributed by atoms with E-state index in [1.807, 2.05) is 12.1 Å². The zero-order valence-electron chi connectivity index (χ0n) is 12.2. The smallest absolute Gasteiger partial charge is 0.169 e. The fraction of sp³-hybridized carbons (Fsp3) is 0.533. The van der Waals surface area contributed by atoms with Crippen LogP contribution in [0.1, 0.15) is 18.9 Å². The van der Waals surface area contributed by atoms with Crippen molar-refractivity contribution in [2.45, 2.75) is 19.9 Å². The molecule has 0 saturated carbocycles. The normalized spacial score (nSPS) is 16.0. The van der Waals surface area contributed by atoms with Crippen molar-refractivity contribution in [1.29, 1.82) is 0 Å². The molecule has 0 spiro atoms. The summed E-state index contributed by atoms with van der Waals surface area (Å²) in [5.74, 6) is 0. The van der Waals surface area contributed by atoms with Crippen LogP contribution in [0.2, 0.25) is 10.0 Å². The number of rotatable bonds is 4. The standard InChI is InChI=1S/C15H21Cl2N3S/c1-2-5-18-15(21)20-8-6-19(7-9-20)11-12-3-4-13(16)10-14(12)17/h3-4,10H,2,5-9,11H2,1H3,(H,18,21). The van der Waals surface area contributed by atoms with Gasteiger partial charge in [0, 0.05) is 49.3 Å². The van der Waals surface area contributed by atoms with E-state index in [9.17, 15) is 0 Å². The van der Waals surface area contributed by atoms with Crippen molar-refractivity contribution < 1.29 is 0 Å². The molecule has 0 unspecified atom stereocenters. The van der Waals surface area contributed by atoms with Gasteiger partial charge in [-0.2, -0.15) is 0 Å². The van der Waals surface area contributed by atoms with E-state index in [1.165, 1.54) is 0 Å². The summed E-state index contributed by atoms with van der Waals surface area (Å²) in [6.45, 7) is 7.85. The first-order chi connectivity index (χ1) is 10.1. The van der Waals surface area contributed by atoms with Gasteiger partial charge in [-0.05, 0) is 36.3 Å². The molecule has 3 nitrogen and oxygen atoms in total. The van der Waals surface area contributed by atoms with Crippen LogP contribution in [0, 0.1) is 0 Å². The Morgan fingerprint density at radius 2 is 1.95 bits per heavy atom. The molecule has 1 aromatic carbocycles. The molecule has 0 bridgehead atoms. The van der Waals surface area contributed by atoms with E-state index in [0.717, 1.165) is 61.4 Å². The average molecular weight is 346 g/mol. The maximum absolute atomic E-state index is 6.23. The van der Waals surface area contributed by atoms with E-state index < -0.39 is 0 Å². The Labute approximate surface area is 142 Å². The monoisotopic (exact) mass is 345 g/mol. The molecule has 0 radical (unpaired) electrons. The van der Waals surface area contributed by atoms with E-state index >= 15 is 0 Å². The Kier molecular flexibility index (Phi) is 6.55. The van der Waals surface area contributed by atoms with Crippen molar-refractivity contribution in [3.05, 3.63) is 33.8 Å². The topological polar surface area (TPSA) is 18.5 Å². The molecule has 0 amide bonds. The van der Waals surface area contributed by atoms with Crippen LogP contribution in [0.15, 0.2) is 18.2 Å².